The third kappa shape index (κ3) is 1.80. The summed E-state index contributed by atoms with van der Waals surface area (Å²) in [4.78, 5) is 16.1. The number of rotatable bonds is 2. The molecule has 1 amide bonds. The van der Waals surface area contributed by atoms with Gasteiger partial charge in [0.2, 0.25) is 5.91 Å². The van der Waals surface area contributed by atoms with E-state index in [4.69, 9.17) is 11.6 Å². The van der Waals surface area contributed by atoms with Gasteiger partial charge >= 0.3 is 0 Å². The van der Waals surface area contributed by atoms with Crippen molar-refractivity contribution in [1.82, 2.24) is 10.3 Å². The van der Waals surface area contributed by atoms with Crippen LogP contribution in [-0.4, -0.2) is 17.9 Å². The van der Waals surface area contributed by atoms with Crippen LogP contribution >= 0.6 is 11.6 Å². The number of halogens is 1. The van der Waals surface area contributed by atoms with Gasteiger partial charge in [-0.25, -0.2) is 4.98 Å². The monoisotopic (exact) mass is 238 g/mol. The Morgan fingerprint density at radius 1 is 1.44 bits per heavy atom. The van der Waals surface area contributed by atoms with E-state index >= 15 is 0 Å². The Labute approximate surface area is 100 Å². The average Bonchev–Trinajstić information content (AvgIpc) is 2.79. The number of hydrogen-bond acceptors (Lipinski definition) is 2. The molecule has 3 nitrogen and oxygen atoms in total. The number of amides is 1. The minimum Gasteiger partial charge on any atom is -0.358 e. The number of carbonyl (C=O) groups excluding carboxylic acids is 1. The molecule has 0 saturated heterocycles. The highest BCUT2D eigenvalue weighted by atomic mass is 35.5. The zero-order chi connectivity index (χ0) is 11.6. The molecule has 0 atom stereocenters. The molecule has 1 heterocycles. The van der Waals surface area contributed by atoms with Crippen LogP contribution in [0.3, 0.4) is 0 Å². The summed E-state index contributed by atoms with van der Waals surface area (Å²) in [6, 6.07) is 3.66. The van der Waals surface area contributed by atoms with Gasteiger partial charge in [0.05, 0.1) is 5.41 Å². The molecule has 2 rings (SSSR count). The molecule has 1 aliphatic rings. The molecular formula is C12H15ClN2O. The van der Waals surface area contributed by atoms with Crippen molar-refractivity contribution in [3.8, 4) is 0 Å². The fourth-order valence-corrected chi connectivity index (χ4v) is 2.64. The second-order valence-corrected chi connectivity index (χ2v) is 4.63. The van der Waals surface area contributed by atoms with Crippen LogP contribution in [0.15, 0.2) is 18.3 Å². The van der Waals surface area contributed by atoms with E-state index in [0.717, 1.165) is 31.2 Å². The van der Waals surface area contributed by atoms with E-state index < -0.39 is 0 Å². The molecule has 1 N–H and O–H groups in total. The Bertz CT molecular complexity index is 383. The minimum absolute atomic E-state index is 0.0918. The topological polar surface area (TPSA) is 42.0 Å². The van der Waals surface area contributed by atoms with Crippen LogP contribution in [0.5, 0.6) is 0 Å². The maximum atomic E-state index is 12.0. The van der Waals surface area contributed by atoms with Gasteiger partial charge in [-0.05, 0) is 24.5 Å². The lowest BCUT2D eigenvalue weighted by molar-refractivity contribution is -0.126. The van der Waals surface area contributed by atoms with Crippen molar-refractivity contribution in [1.29, 1.82) is 0 Å². The molecule has 0 spiro atoms. The Kier molecular flexibility index (Phi) is 3.15. The minimum atomic E-state index is -0.383. The molecule has 1 aliphatic carbocycles. The van der Waals surface area contributed by atoms with Gasteiger partial charge < -0.3 is 5.32 Å². The van der Waals surface area contributed by atoms with Gasteiger partial charge in [0.1, 0.15) is 5.15 Å². The smallest absolute Gasteiger partial charge is 0.230 e. The van der Waals surface area contributed by atoms with Crippen LogP contribution in [0.2, 0.25) is 5.15 Å². The number of carbonyl (C=O) groups is 1. The van der Waals surface area contributed by atoms with Gasteiger partial charge in [0, 0.05) is 13.2 Å². The first-order chi connectivity index (χ1) is 7.69. The summed E-state index contributed by atoms with van der Waals surface area (Å²) in [5, 5.41) is 3.23. The fraction of sp³-hybridized carbons (Fsp3) is 0.500. The number of hydrogen-bond donors (Lipinski definition) is 1. The summed E-state index contributed by atoms with van der Waals surface area (Å²) in [6.45, 7) is 0. The second kappa shape index (κ2) is 4.42. The third-order valence-electron chi connectivity index (χ3n) is 3.40. The van der Waals surface area contributed by atoms with Gasteiger partial charge in [-0.3, -0.25) is 4.79 Å². The number of pyridine rings is 1. The van der Waals surface area contributed by atoms with E-state index in [1.807, 2.05) is 6.07 Å². The fourth-order valence-electron chi connectivity index (χ4n) is 2.52. The van der Waals surface area contributed by atoms with Crippen molar-refractivity contribution in [2.45, 2.75) is 31.1 Å². The van der Waals surface area contributed by atoms with E-state index in [-0.39, 0.29) is 11.3 Å². The van der Waals surface area contributed by atoms with E-state index in [0.29, 0.717) is 5.15 Å². The van der Waals surface area contributed by atoms with Crippen LogP contribution < -0.4 is 5.32 Å². The summed E-state index contributed by atoms with van der Waals surface area (Å²) in [7, 11) is 1.69. The zero-order valence-corrected chi connectivity index (χ0v) is 10.0. The first kappa shape index (κ1) is 11.4. The van der Waals surface area contributed by atoms with Crippen LogP contribution in [-0.2, 0) is 10.2 Å². The summed E-state index contributed by atoms with van der Waals surface area (Å²) < 4.78 is 0. The molecule has 0 aliphatic heterocycles. The molecular weight excluding hydrogens is 224 g/mol. The van der Waals surface area contributed by atoms with Crippen molar-refractivity contribution >= 4 is 17.5 Å². The molecule has 4 heteroatoms. The molecule has 0 unspecified atom stereocenters. The summed E-state index contributed by atoms with van der Waals surface area (Å²) in [6.07, 6.45) is 5.71. The maximum absolute atomic E-state index is 12.0. The largest absolute Gasteiger partial charge is 0.358 e. The maximum Gasteiger partial charge on any atom is 0.230 e. The van der Waals surface area contributed by atoms with Crippen LogP contribution in [0, 0.1) is 0 Å². The van der Waals surface area contributed by atoms with Crippen molar-refractivity contribution in [3.05, 3.63) is 29.0 Å². The number of likely N-dealkylation sites (N-methyl/N-ethyl adjacent to an activating group) is 1. The van der Waals surface area contributed by atoms with E-state index in [1.165, 1.54) is 0 Å². The van der Waals surface area contributed by atoms with Crippen LogP contribution in [0.25, 0.3) is 0 Å². The Morgan fingerprint density at radius 3 is 2.62 bits per heavy atom. The predicted octanol–water partition coefficient (Wildman–Crippen LogP) is 2.29. The average molecular weight is 239 g/mol. The Balaban J connectivity index is 2.39. The van der Waals surface area contributed by atoms with E-state index in [9.17, 15) is 4.79 Å². The Morgan fingerprint density at radius 2 is 2.12 bits per heavy atom. The molecule has 0 bridgehead atoms. The number of aromatic nitrogens is 1. The molecule has 86 valence electrons. The van der Waals surface area contributed by atoms with E-state index in [2.05, 4.69) is 10.3 Å². The van der Waals surface area contributed by atoms with Gasteiger partial charge in [-0.2, -0.15) is 0 Å². The normalized spacial score (nSPS) is 18.4. The number of nitrogens with zero attached hydrogens (tertiary/aromatic N) is 1. The van der Waals surface area contributed by atoms with Gasteiger partial charge in [-0.15, -0.1) is 0 Å². The lowest BCUT2D eigenvalue weighted by Gasteiger charge is -2.27. The van der Waals surface area contributed by atoms with Crippen molar-refractivity contribution in [2.75, 3.05) is 7.05 Å². The molecule has 16 heavy (non-hydrogen) atoms. The first-order valence-electron chi connectivity index (χ1n) is 5.53. The van der Waals surface area contributed by atoms with Crippen molar-refractivity contribution in [2.24, 2.45) is 0 Å². The summed E-state index contributed by atoms with van der Waals surface area (Å²) >= 11 is 5.77. The van der Waals surface area contributed by atoms with Crippen molar-refractivity contribution in [3.63, 3.8) is 0 Å². The summed E-state index contributed by atoms with van der Waals surface area (Å²) in [5.41, 5.74) is 0.598. The third-order valence-corrected chi connectivity index (χ3v) is 3.62. The van der Waals surface area contributed by atoms with Gasteiger partial charge in [0.25, 0.3) is 0 Å². The quantitative estimate of drug-likeness (QED) is 0.804. The highest BCUT2D eigenvalue weighted by Gasteiger charge is 2.42. The molecule has 1 aromatic heterocycles. The molecule has 0 radical (unpaired) electrons. The number of nitrogens with one attached hydrogen (secondary N) is 1. The van der Waals surface area contributed by atoms with Crippen molar-refractivity contribution < 1.29 is 4.79 Å². The Hall–Kier alpha value is -1.09. The molecule has 1 saturated carbocycles. The predicted molar refractivity (Wildman–Crippen MR) is 63.5 cm³/mol. The highest BCUT2D eigenvalue weighted by molar-refractivity contribution is 6.29. The first-order valence-corrected chi connectivity index (χ1v) is 5.91. The molecule has 1 fully saturated rings. The SMILES string of the molecule is CNC(=O)C1(c2ccc(Cl)nc2)CCCC1. The zero-order valence-electron chi connectivity index (χ0n) is 9.29. The van der Waals surface area contributed by atoms with Crippen LogP contribution in [0.4, 0.5) is 0 Å². The highest BCUT2D eigenvalue weighted by Crippen LogP contribution is 2.41. The van der Waals surface area contributed by atoms with Crippen LogP contribution in [0.1, 0.15) is 31.2 Å². The van der Waals surface area contributed by atoms with Gasteiger partial charge in [0.15, 0.2) is 0 Å². The molecule has 1 aromatic rings. The second-order valence-electron chi connectivity index (χ2n) is 4.24. The van der Waals surface area contributed by atoms with E-state index in [1.54, 1.807) is 19.3 Å². The standard InChI is InChI=1S/C12H15ClN2O/c1-14-11(16)12(6-2-3-7-12)9-4-5-10(13)15-8-9/h4-5,8H,2-3,6-7H2,1H3,(H,14,16). The lowest BCUT2D eigenvalue weighted by Crippen LogP contribution is -2.40. The summed E-state index contributed by atoms with van der Waals surface area (Å²) in [5.74, 6) is 0.0918. The lowest BCUT2D eigenvalue weighted by atomic mass is 9.79. The van der Waals surface area contributed by atoms with Gasteiger partial charge in [-0.1, -0.05) is 30.5 Å². The molecule has 0 aromatic carbocycles.